The lowest BCUT2D eigenvalue weighted by Gasteiger charge is -2.03. The Morgan fingerprint density at radius 2 is 2.35 bits per heavy atom. The summed E-state index contributed by atoms with van der Waals surface area (Å²) in [5.74, 6) is 0.386. The minimum Gasteiger partial charge on any atom is -0.340 e. The minimum absolute atomic E-state index is 0.142. The first-order valence-electron chi connectivity index (χ1n) is 4.85. The number of aryl methyl sites for hydroxylation is 1. The Morgan fingerprint density at radius 1 is 1.53 bits per heavy atom. The number of aromatic nitrogens is 4. The summed E-state index contributed by atoms with van der Waals surface area (Å²) in [6.45, 7) is 1.83. The zero-order chi connectivity index (χ0) is 12.3. The molecule has 0 aliphatic rings. The van der Waals surface area contributed by atoms with Crippen molar-refractivity contribution in [2.75, 3.05) is 6.54 Å². The molecule has 2 rings (SSSR count). The molecule has 2 aromatic heterocycles. The number of nitrogens with zero attached hydrogens (tertiary/aromatic N) is 3. The summed E-state index contributed by atoms with van der Waals surface area (Å²) < 4.78 is 30.8. The van der Waals surface area contributed by atoms with Gasteiger partial charge in [-0.05, 0) is 6.92 Å². The third-order valence-corrected chi connectivity index (χ3v) is 3.69. The highest BCUT2D eigenvalue weighted by molar-refractivity contribution is 7.89. The van der Waals surface area contributed by atoms with Crippen molar-refractivity contribution in [1.82, 2.24) is 25.1 Å². The monoisotopic (exact) mass is 257 g/mol. The van der Waals surface area contributed by atoms with Gasteiger partial charge in [0.2, 0.25) is 15.9 Å². The van der Waals surface area contributed by atoms with Crippen molar-refractivity contribution in [3.8, 4) is 0 Å². The van der Waals surface area contributed by atoms with E-state index in [4.69, 9.17) is 4.52 Å². The largest absolute Gasteiger partial charge is 0.340 e. The molecule has 2 heterocycles. The molecule has 0 saturated carbocycles. The topological polar surface area (TPSA) is 114 Å². The number of hydrogen-bond donors (Lipinski definition) is 2. The zero-order valence-electron chi connectivity index (χ0n) is 9.04. The Kier molecular flexibility index (Phi) is 3.20. The normalized spacial score (nSPS) is 11.8. The zero-order valence-corrected chi connectivity index (χ0v) is 9.86. The molecule has 8 nitrogen and oxygen atoms in total. The summed E-state index contributed by atoms with van der Waals surface area (Å²) in [6.07, 6.45) is 2.88. The van der Waals surface area contributed by atoms with Crippen molar-refractivity contribution in [1.29, 1.82) is 0 Å². The van der Waals surface area contributed by atoms with Crippen LogP contribution in [0.25, 0.3) is 0 Å². The van der Waals surface area contributed by atoms with E-state index < -0.39 is 10.0 Å². The van der Waals surface area contributed by atoms with Crippen LogP contribution in [-0.2, 0) is 16.4 Å². The summed E-state index contributed by atoms with van der Waals surface area (Å²) >= 11 is 0. The highest BCUT2D eigenvalue weighted by atomic mass is 32.2. The van der Waals surface area contributed by atoms with Gasteiger partial charge in [-0.25, -0.2) is 13.1 Å². The van der Waals surface area contributed by atoms with E-state index >= 15 is 0 Å². The molecule has 0 atom stereocenters. The van der Waals surface area contributed by atoms with Gasteiger partial charge in [0.25, 0.3) is 0 Å². The highest BCUT2D eigenvalue weighted by Gasteiger charge is 2.18. The molecule has 0 aromatic carbocycles. The second-order valence-corrected chi connectivity index (χ2v) is 5.08. The van der Waals surface area contributed by atoms with E-state index in [0.29, 0.717) is 18.0 Å². The Balaban J connectivity index is 1.97. The van der Waals surface area contributed by atoms with Gasteiger partial charge < -0.3 is 4.52 Å². The third-order valence-electron chi connectivity index (χ3n) is 2.11. The number of sulfonamides is 1. The second-order valence-electron chi connectivity index (χ2n) is 3.34. The first-order valence-corrected chi connectivity index (χ1v) is 6.33. The van der Waals surface area contributed by atoms with Gasteiger partial charge in [-0.3, -0.25) is 5.10 Å². The second kappa shape index (κ2) is 4.63. The van der Waals surface area contributed by atoms with Gasteiger partial charge in [0.1, 0.15) is 4.90 Å². The fourth-order valence-corrected chi connectivity index (χ4v) is 2.45. The molecule has 0 aliphatic heterocycles. The highest BCUT2D eigenvalue weighted by Crippen LogP contribution is 2.10. The van der Waals surface area contributed by atoms with Gasteiger partial charge in [-0.1, -0.05) is 5.16 Å². The van der Waals surface area contributed by atoms with E-state index in [9.17, 15) is 8.42 Å². The van der Waals surface area contributed by atoms with E-state index in [0.717, 1.165) is 0 Å². The van der Waals surface area contributed by atoms with Gasteiger partial charge >= 0.3 is 0 Å². The maximum atomic E-state index is 11.8. The Labute approximate surface area is 97.5 Å². The van der Waals surface area contributed by atoms with Gasteiger partial charge in [0, 0.05) is 13.0 Å². The molecule has 9 heteroatoms. The number of rotatable bonds is 5. The summed E-state index contributed by atoms with van der Waals surface area (Å²) in [6, 6.07) is 0. The lowest BCUT2D eigenvalue weighted by molar-refractivity contribution is 0.377. The van der Waals surface area contributed by atoms with Crippen molar-refractivity contribution >= 4 is 10.0 Å². The maximum absolute atomic E-state index is 11.8. The van der Waals surface area contributed by atoms with Gasteiger partial charge in [0.15, 0.2) is 6.33 Å². The lowest BCUT2D eigenvalue weighted by atomic mass is 10.4. The van der Waals surface area contributed by atoms with Crippen LogP contribution in [0.3, 0.4) is 0 Å². The van der Waals surface area contributed by atoms with Crippen LogP contribution >= 0.6 is 0 Å². The first kappa shape index (κ1) is 11.7. The molecule has 92 valence electrons. The minimum atomic E-state index is -3.53. The molecule has 0 aliphatic carbocycles. The average molecular weight is 257 g/mol. The quantitative estimate of drug-likeness (QED) is 0.754. The van der Waals surface area contributed by atoms with Crippen molar-refractivity contribution < 1.29 is 12.9 Å². The predicted octanol–water partition coefficient (Wildman–Crippen LogP) is -0.378. The average Bonchev–Trinajstić information content (AvgIpc) is 2.88. The molecule has 2 aromatic rings. The Bertz CT molecular complexity index is 574. The number of aromatic amines is 1. The van der Waals surface area contributed by atoms with Crippen LogP contribution in [0.4, 0.5) is 0 Å². The Morgan fingerprint density at radius 3 is 2.94 bits per heavy atom. The van der Waals surface area contributed by atoms with Crippen LogP contribution in [-0.4, -0.2) is 35.3 Å². The number of nitrogens with one attached hydrogen (secondary N) is 2. The molecular formula is C8H11N5O3S. The van der Waals surface area contributed by atoms with Gasteiger partial charge in [0.05, 0.1) is 11.9 Å². The van der Waals surface area contributed by atoms with Crippen LogP contribution in [0.15, 0.2) is 21.9 Å². The summed E-state index contributed by atoms with van der Waals surface area (Å²) in [4.78, 5) is 3.93. The van der Waals surface area contributed by atoms with Crippen molar-refractivity contribution in [3.63, 3.8) is 0 Å². The first-order chi connectivity index (χ1) is 8.09. The van der Waals surface area contributed by atoms with Crippen molar-refractivity contribution in [3.05, 3.63) is 24.1 Å². The molecule has 0 unspecified atom stereocenters. The molecule has 0 radical (unpaired) electrons. The standard InChI is InChI=1S/C8H11N5O3S/c1-6-7(4-10-13-6)17(14,15)12-3-2-8-9-5-11-16-8/h4-5,12H,2-3H2,1H3,(H,10,13). The number of hydrogen-bond acceptors (Lipinski definition) is 6. The fraction of sp³-hybridized carbons (Fsp3) is 0.375. The maximum Gasteiger partial charge on any atom is 0.243 e. The molecule has 0 fully saturated rings. The summed E-state index contributed by atoms with van der Waals surface area (Å²) in [5, 5.41) is 9.65. The molecule has 0 amide bonds. The SMILES string of the molecule is Cc1[nH]ncc1S(=O)(=O)NCCc1ncno1. The smallest absolute Gasteiger partial charge is 0.243 e. The summed E-state index contributed by atoms with van der Waals surface area (Å²) in [5.41, 5.74) is 0.496. The van der Waals surface area contributed by atoms with Crippen LogP contribution < -0.4 is 4.72 Å². The fourth-order valence-electron chi connectivity index (χ4n) is 1.29. The van der Waals surface area contributed by atoms with Crippen LogP contribution in [0.5, 0.6) is 0 Å². The van der Waals surface area contributed by atoms with Crippen LogP contribution in [0.2, 0.25) is 0 Å². The van der Waals surface area contributed by atoms with E-state index in [1.54, 1.807) is 6.92 Å². The van der Waals surface area contributed by atoms with Crippen molar-refractivity contribution in [2.24, 2.45) is 0 Å². The van der Waals surface area contributed by atoms with Crippen LogP contribution in [0, 0.1) is 6.92 Å². The van der Waals surface area contributed by atoms with E-state index in [1.165, 1.54) is 12.5 Å². The van der Waals surface area contributed by atoms with E-state index in [1.807, 2.05) is 0 Å². The molecule has 0 bridgehead atoms. The van der Waals surface area contributed by atoms with Crippen molar-refractivity contribution in [2.45, 2.75) is 18.2 Å². The molecule has 17 heavy (non-hydrogen) atoms. The van der Waals surface area contributed by atoms with Gasteiger partial charge in [-0.2, -0.15) is 10.1 Å². The molecule has 0 spiro atoms. The molecule has 2 N–H and O–H groups in total. The predicted molar refractivity (Wildman–Crippen MR) is 56.5 cm³/mol. The van der Waals surface area contributed by atoms with E-state index in [-0.39, 0.29) is 11.4 Å². The lowest BCUT2D eigenvalue weighted by Crippen LogP contribution is -2.26. The third kappa shape index (κ3) is 2.68. The van der Waals surface area contributed by atoms with E-state index in [2.05, 4.69) is 25.1 Å². The molecule has 0 saturated heterocycles. The summed E-state index contributed by atoms with van der Waals surface area (Å²) in [7, 11) is -3.53. The Hall–Kier alpha value is -1.74. The van der Waals surface area contributed by atoms with Gasteiger partial charge in [-0.15, -0.1) is 0 Å². The molecular weight excluding hydrogens is 246 g/mol. The number of H-pyrrole nitrogens is 1. The van der Waals surface area contributed by atoms with Crippen LogP contribution in [0.1, 0.15) is 11.6 Å².